The number of aryl methyl sites for hydroxylation is 2. The van der Waals surface area contributed by atoms with Gasteiger partial charge in [-0.05, 0) is 48.6 Å². The number of sulfonamides is 1. The lowest BCUT2D eigenvalue weighted by molar-refractivity contribution is 0.362. The molecule has 29 heavy (non-hydrogen) atoms. The van der Waals surface area contributed by atoms with Crippen molar-refractivity contribution in [2.75, 3.05) is 6.26 Å². The smallest absolute Gasteiger partial charge is 0.208 e. The Balaban J connectivity index is 1.67. The van der Waals surface area contributed by atoms with Crippen LogP contribution in [-0.2, 0) is 23.0 Å². The van der Waals surface area contributed by atoms with Crippen molar-refractivity contribution in [3.05, 3.63) is 77.6 Å². The number of benzene rings is 2. The van der Waals surface area contributed by atoms with Crippen LogP contribution in [0.1, 0.15) is 29.4 Å². The third-order valence-corrected chi connectivity index (χ3v) is 6.06. The van der Waals surface area contributed by atoms with E-state index in [-0.39, 0.29) is 17.8 Å². The van der Waals surface area contributed by atoms with E-state index < -0.39 is 10.0 Å². The van der Waals surface area contributed by atoms with Gasteiger partial charge < -0.3 is 4.57 Å². The first-order valence-corrected chi connectivity index (χ1v) is 11.5. The van der Waals surface area contributed by atoms with Crippen molar-refractivity contribution in [3.8, 4) is 11.1 Å². The fourth-order valence-corrected chi connectivity index (χ4v) is 4.98. The molecule has 3 aromatic rings. The fourth-order valence-electron chi connectivity index (χ4n) is 4.15. The van der Waals surface area contributed by atoms with Gasteiger partial charge in [0.05, 0.1) is 11.9 Å². The molecule has 2 unspecified atom stereocenters. The highest BCUT2D eigenvalue weighted by Gasteiger charge is 2.33. The molecular weight excluding hydrogens is 389 g/mol. The van der Waals surface area contributed by atoms with Crippen molar-refractivity contribution in [1.29, 1.82) is 0 Å². The second-order valence-electron chi connectivity index (χ2n) is 7.74. The Morgan fingerprint density at radius 1 is 1.17 bits per heavy atom. The van der Waals surface area contributed by atoms with Gasteiger partial charge in [0, 0.05) is 24.7 Å². The topological polar surface area (TPSA) is 64.0 Å². The van der Waals surface area contributed by atoms with Crippen molar-refractivity contribution in [2.24, 2.45) is 0 Å². The maximum absolute atomic E-state index is 13.6. The maximum atomic E-state index is 13.6. The van der Waals surface area contributed by atoms with E-state index in [0.29, 0.717) is 12.8 Å². The number of nitrogens with one attached hydrogen (secondary N) is 1. The van der Waals surface area contributed by atoms with Gasteiger partial charge in [-0.2, -0.15) is 0 Å². The summed E-state index contributed by atoms with van der Waals surface area (Å²) in [5.74, 6) is 0.566. The Labute approximate surface area is 170 Å². The van der Waals surface area contributed by atoms with Gasteiger partial charge in [-0.1, -0.05) is 36.4 Å². The van der Waals surface area contributed by atoms with Crippen molar-refractivity contribution < 1.29 is 12.8 Å². The molecule has 0 saturated heterocycles. The number of nitrogens with zero attached hydrogens (tertiary/aromatic N) is 2. The van der Waals surface area contributed by atoms with Gasteiger partial charge in [-0.15, -0.1) is 0 Å². The molecule has 0 saturated carbocycles. The molecule has 152 valence electrons. The quantitative estimate of drug-likeness (QED) is 0.695. The summed E-state index contributed by atoms with van der Waals surface area (Å²) in [6, 6.07) is 14.3. The first-order chi connectivity index (χ1) is 13.8. The molecule has 0 spiro atoms. The third-order valence-electron chi connectivity index (χ3n) is 5.33. The van der Waals surface area contributed by atoms with Crippen molar-refractivity contribution >= 4 is 10.0 Å². The predicted octanol–water partition coefficient (Wildman–Crippen LogP) is 3.65. The first kappa shape index (κ1) is 19.8. The van der Waals surface area contributed by atoms with Crippen LogP contribution in [-0.4, -0.2) is 30.3 Å². The number of hydrogen-bond donors (Lipinski definition) is 1. The molecule has 0 bridgehead atoms. The van der Waals surface area contributed by atoms with Crippen LogP contribution < -0.4 is 4.72 Å². The Morgan fingerprint density at radius 3 is 2.62 bits per heavy atom. The summed E-state index contributed by atoms with van der Waals surface area (Å²) in [5.41, 5.74) is 3.74. The van der Waals surface area contributed by atoms with E-state index >= 15 is 0 Å². The highest BCUT2D eigenvalue weighted by Crippen LogP contribution is 2.32. The predicted molar refractivity (Wildman–Crippen MR) is 112 cm³/mol. The van der Waals surface area contributed by atoms with E-state index in [9.17, 15) is 12.8 Å². The van der Waals surface area contributed by atoms with Crippen LogP contribution in [0.3, 0.4) is 0 Å². The highest BCUT2D eigenvalue weighted by atomic mass is 32.2. The van der Waals surface area contributed by atoms with Crippen molar-refractivity contribution in [1.82, 2.24) is 14.3 Å². The molecular formula is C22H24FN3O2S. The van der Waals surface area contributed by atoms with Gasteiger partial charge in [0.25, 0.3) is 0 Å². The van der Waals surface area contributed by atoms with Gasteiger partial charge in [-0.25, -0.2) is 22.5 Å². The van der Waals surface area contributed by atoms with Gasteiger partial charge >= 0.3 is 0 Å². The number of fused-ring (bicyclic) bond motifs is 1. The fraction of sp³-hybridized carbons (Fsp3) is 0.318. The summed E-state index contributed by atoms with van der Waals surface area (Å²) in [6.45, 7) is 2.69. The van der Waals surface area contributed by atoms with Gasteiger partial charge in [-0.3, -0.25) is 0 Å². The zero-order chi connectivity index (χ0) is 20.6. The number of imidazole rings is 1. The van der Waals surface area contributed by atoms with Crippen LogP contribution in [0.2, 0.25) is 0 Å². The third kappa shape index (κ3) is 4.57. The highest BCUT2D eigenvalue weighted by molar-refractivity contribution is 7.88. The standard InChI is InChI=1S/C22H24FN3O2S/c1-15-14-26-10-9-21(25-29(2,27)28)20(22(26)24-15)12-16-5-3-6-17(11-16)18-7-4-8-19(23)13-18/h3-8,11,13-14,20-21,25H,9-10,12H2,1-2H3. The zero-order valence-electron chi connectivity index (χ0n) is 16.5. The minimum Gasteiger partial charge on any atom is -0.334 e. The van der Waals surface area contributed by atoms with E-state index in [2.05, 4.69) is 14.3 Å². The molecule has 4 rings (SSSR count). The maximum Gasteiger partial charge on any atom is 0.208 e. The van der Waals surface area contributed by atoms with E-state index in [0.717, 1.165) is 34.8 Å². The average molecular weight is 414 g/mol. The molecule has 1 aliphatic heterocycles. The summed E-state index contributed by atoms with van der Waals surface area (Å²) < 4.78 is 42.4. The molecule has 2 atom stereocenters. The monoisotopic (exact) mass is 413 g/mol. The minimum atomic E-state index is -3.33. The lowest BCUT2D eigenvalue weighted by atomic mass is 9.87. The average Bonchev–Trinajstić information content (AvgIpc) is 3.04. The van der Waals surface area contributed by atoms with Crippen molar-refractivity contribution in [3.63, 3.8) is 0 Å². The summed E-state index contributed by atoms with van der Waals surface area (Å²) in [6.07, 6.45) is 4.57. The van der Waals surface area contributed by atoms with Crippen LogP contribution >= 0.6 is 0 Å². The second-order valence-corrected chi connectivity index (χ2v) is 9.52. The van der Waals surface area contributed by atoms with Gasteiger partial charge in [0.1, 0.15) is 11.6 Å². The largest absolute Gasteiger partial charge is 0.334 e. The normalized spacial score (nSPS) is 19.1. The number of rotatable bonds is 5. The summed E-state index contributed by atoms with van der Waals surface area (Å²) in [7, 11) is -3.33. The summed E-state index contributed by atoms with van der Waals surface area (Å²) >= 11 is 0. The lowest BCUT2D eigenvalue weighted by Crippen LogP contribution is -2.43. The molecule has 1 aromatic heterocycles. The Morgan fingerprint density at radius 2 is 1.90 bits per heavy atom. The lowest BCUT2D eigenvalue weighted by Gasteiger charge is -2.32. The van der Waals surface area contributed by atoms with Crippen LogP contribution in [0.5, 0.6) is 0 Å². The molecule has 0 aliphatic carbocycles. The van der Waals surface area contributed by atoms with Gasteiger partial charge in [0.2, 0.25) is 10.0 Å². The van der Waals surface area contributed by atoms with Crippen molar-refractivity contribution in [2.45, 2.75) is 38.3 Å². The number of hydrogen-bond acceptors (Lipinski definition) is 3. The molecule has 2 aromatic carbocycles. The van der Waals surface area contributed by atoms with E-state index in [1.807, 2.05) is 43.5 Å². The number of aromatic nitrogens is 2. The Kier molecular flexibility index (Phi) is 5.27. The molecule has 1 N–H and O–H groups in total. The Hall–Kier alpha value is -2.51. The molecule has 2 heterocycles. The van der Waals surface area contributed by atoms with Gasteiger partial charge in [0.15, 0.2) is 0 Å². The SMILES string of the molecule is Cc1cn2c(n1)C(Cc1cccc(-c3cccc(F)c3)c1)C(NS(C)(=O)=O)CC2. The molecule has 0 amide bonds. The zero-order valence-corrected chi connectivity index (χ0v) is 17.3. The Bertz CT molecular complexity index is 1140. The first-order valence-electron chi connectivity index (χ1n) is 9.64. The summed E-state index contributed by atoms with van der Waals surface area (Å²) in [4.78, 5) is 4.68. The molecule has 0 fully saturated rings. The summed E-state index contributed by atoms with van der Waals surface area (Å²) in [5, 5.41) is 0. The van der Waals surface area contributed by atoms with E-state index in [4.69, 9.17) is 0 Å². The van der Waals surface area contributed by atoms with Crippen LogP contribution in [0.15, 0.2) is 54.7 Å². The molecule has 7 heteroatoms. The van der Waals surface area contributed by atoms with Crippen LogP contribution in [0.25, 0.3) is 11.1 Å². The second kappa shape index (κ2) is 7.72. The molecule has 0 radical (unpaired) electrons. The molecule has 5 nitrogen and oxygen atoms in total. The molecule has 1 aliphatic rings. The number of halogens is 1. The van der Waals surface area contributed by atoms with E-state index in [1.165, 1.54) is 18.4 Å². The van der Waals surface area contributed by atoms with Crippen LogP contribution in [0, 0.1) is 12.7 Å². The van der Waals surface area contributed by atoms with E-state index in [1.54, 1.807) is 6.07 Å². The van der Waals surface area contributed by atoms with Crippen LogP contribution in [0.4, 0.5) is 4.39 Å². The minimum absolute atomic E-state index is 0.0741.